The number of morpholine rings is 1. The number of aromatic nitrogens is 1. The molecule has 0 radical (unpaired) electrons. The van der Waals surface area contributed by atoms with Crippen LogP contribution in [-0.2, 0) is 16.6 Å². The first-order valence-corrected chi connectivity index (χ1v) is 8.32. The molecule has 0 aliphatic carbocycles. The molecule has 0 spiro atoms. The van der Waals surface area contributed by atoms with Gasteiger partial charge in [0.1, 0.15) is 0 Å². The molecule has 20 heavy (non-hydrogen) atoms. The Bertz CT molecular complexity index is 427. The zero-order chi connectivity index (χ0) is 14.8. The van der Waals surface area contributed by atoms with Gasteiger partial charge in [-0.1, -0.05) is 27.7 Å². The molecule has 2 heterocycles. The molecule has 0 aromatic carbocycles. The summed E-state index contributed by atoms with van der Waals surface area (Å²) in [5, 5.41) is 3.28. The van der Waals surface area contributed by atoms with Gasteiger partial charge in [-0.2, -0.15) is 0 Å². The van der Waals surface area contributed by atoms with Crippen molar-refractivity contribution in [3.8, 4) is 0 Å². The van der Waals surface area contributed by atoms with Gasteiger partial charge in [-0.3, -0.25) is 4.90 Å². The van der Waals surface area contributed by atoms with Crippen molar-refractivity contribution in [2.24, 2.45) is 5.73 Å². The maximum absolute atomic E-state index is 6.33. The summed E-state index contributed by atoms with van der Waals surface area (Å²) in [6.07, 6.45) is 0.939. The van der Waals surface area contributed by atoms with E-state index in [9.17, 15) is 0 Å². The lowest BCUT2D eigenvalue weighted by molar-refractivity contribution is -0.0385. The molecular formula is C15H27N3OS. The maximum Gasteiger partial charge on any atom is 0.0944 e. The van der Waals surface area contributed by atoms with Crippen LogP contribution in [0.3, 0.4) is 0 Å². The Labute approximate surface area is 126 Å². The molecule has 1 aliphatic heterocycles. The first kappa shape index (κ1) is 15.9. The van der Waals surface area contributed by atoms with Gasteiger partial charge in [0.05, 0.1) is 23.4 Å². The molecule has 4 nitrogen and oxygen atoms in total. The van der Waals surface area contributed by atoms with Crippen LogP contribution >= 0.6 is 11.3 Å². The summed E-state index contributed by atoms with van der Waals surface area (Å²) in [5.74, 6) is 0. The van der Waals surface area contributed by atoms with Crippen LogP contribution in [0.15, 0.2) is 5.38 Å². The van der Waals surface area contributed by atoms with Crippen molar-refractivity contribution >= 4 is 11.3 Å². The minimum Gasteiger partial charge on any atom is -0.374 e. The van der Waals surface area contributed by atoms with E-state index in [0.717, 1.165) is 43.4 Å². The quantitative estimate of drug-likeness (QED) is 0.924. The molecular weight excluding hydrogens is 270 g/mol. The first-order valence-electron chi connectivity index (χ1n) is 7.44. The molecule has 2 unspecified atom stereocenters. The molecule has 114 valence electrons. The van der Waals surface area contributed by atoms with Gasteiger partial charge in [-0.25, -0.2) is 4.98 Å². The summed E-state index contributed by atoms with van der Waals surface area (Å²) in [4.78, 5) is 7.12. The van der Waals surface area contributed by atoms with E-state index in [0.29, 0.717) is 0 Å². The molecule has 1 aromatic rings. The number of thiazole rings is 1. The fraction of sp³-hybridized carbons (Fsp3) is 0.800. The lowest BCUT2D eigenvalue weighted by atomic mass is 9.93. The van der Waals surface area contributed by atoms with Gasteiger partial charge in [-0.05, 0) is 6.54 Å². The summed E-state index contributed by atoms with van der Waals surface area (Å²) in [5.41, 5.74) is 7.60. The second-order valence-corrected chi connectivity index (χ2v) is 7.49. The third-order valence-corrected chi connectivity index (χ3v) is 4.70. The molecule has 0 amide bonds. The summed E-state index contributed by atoms with van der Waals surface area (Å²) >= 11 is 1.72. The van der Waals surface area contributed by atoms with Crippen molar-refractivity contribution in [2.45, 2.75) is 51.7 Å². The highest BCUT2D eigenvalue weighted by atomic mass is 32.1. The van der Waals surface area contributed by atoms with Gasteiger partial charge in [0.15, 0.2) is 0 Å². The number of ether oxygens (including phenoxy) is 1. The van der Waals surface area contributed by atoms with Gasteiger partial charge in [-0.15, -0.1) is 11.3 Å². The minimum absolute atomic E-state index is 0.0309. The molecule has 2 atom stereocenters. The Morgan fingerprint density at radius 1 is 1.55 bits per heavy atom. The van der Waals surface area contributed by atoms with Crippen molar-refractivity contribution in [2.75, 3.05) is 26.2 Å². The minimum atomic E-state index is 0.0309. The van der Waals surface area contributed by atoms with Gasteiger partial charge >= 0.3 is 0 Å². The number of nitrogens with two attached hydrogens (primary N) is 1. The number of nitrogens with zero attached hydrogens (tertiary/aromatic N) is 2. The Morgan fingerprint density at radius 2 is 2.30 bits per heavy atom. The fourth-order valence-electron chi connectivity index (χ4n) is 2.36. The van der Waals surface area contributed by atoms with Crippen LogP contribution in [0, 0.1) is 0 Å². The van der Waals surface area contributed by atoms with Gasteiger partial charge in [0, 0.05) is 36.3 Å². The first-order chi connectivity index (χ1) is 9.40. The van der Waals surface area contributed by atoms with Gasteiger partial charge in [0.2, 0.25) is 0 Å². The second-order valence-electron chi connectivity index (χ2n) is 6.55. The van der Waals surface area contributed by atoms with E-state index in [2.05, 4.69) is 38.0 Å². The smallest absolute Gasteiger partial charge is 0.0944 e. The molecule has 1 fully saturated rings. The number of hydrogen-bond acceptors (Lipinski definition) is 5. The van der Waals surface area contributed by atoms with Crippen LogP contribution in [0.5, 0.6) is 0 Å². The van der Waals surface area contributed by atoms with Crippen molar-refractivity contribution < 1.29 is 4.74 Å². The molecule has 2 rings (SSSR count). The number of hydrogen-bond donors (Lipinski definition) is 1. The van der Waals surface area contributed by atoms with Crippen molar-refractivity contribution in [1.82, 2.24) is 9.88 Å². The zero-order valence-corrected chi connectivity index (χ0v) is 13.9. The molecule has 1 aliphatic rings. The van der Waals surface area contributed by atoms with E-state index in [1.54, 1.807) is 11.3 Å². The summed E-state index contributed by atoms with van der Waals surface area (Å²) in [6, 6.07) is 0.0309. The second kappa shape index (κ2) is 6.52. The molecule has 1 aromatic heterocycles. The standard InChI is InChI=1S/C15H27N3OS/c1-5-18-6-7-19-12(9-18)11(16)8-14-17-13(10-20-14)15(2,3)4/h10-12H,5-9,16H2,1-4H3. The molecule has 0 saturated carbocycles. The van der Waals surface area contributed by atoms with E-state index in [1.165, 1.54) is 0 Å². The Hall–Kier alpha value is -0.490. The maximum atomic E-state index is 6.33. The van der Waals surface area contributed by atoms with Crippen LogP contribution < -0.4 is 5.73 Å². The normalized spacial score (nSPS) is 22.9. The van der Waals surface area contributed by atoms with Crippen molar-refractivity contribution in [3.05, 3.63) is 16.1 Å². The van der Waals surface area contributed by atoms with Crippen LogP contribution in [-0.4, -0.2) is 48.3 Å². The molecule has 0 bridgehead atoms. The highest BCUT2D eigenvalue weighted by Gasteiger charge is 2.26. The predicted molar refractivity (Wildman–Crippen MR) is 84.3 cm³/mol. The number of rotatable bonds is 4. The summed E-state index contributed by atoms with van der Waals surface area (Å²) in [7, 11) is 0. The van der Waals surface area contributed by atoms with Gasteiger partial charge < -0.3 is 10.5 Å². The van der Waals surface area contributed by atoms with E-state index < -0.39 is 0 Å². The van der Waals surface area contributed by atoms with E-state index >= 15 is 0 Å². The Kier molecular flexibility index (Phi) is 5.18. The third-order valence-electron chi connectivity index (χ3n) is 3.83. The van der Waals surface area contributed by atoms with Crippen LogP contribution in [0.25, 0.3) is 0 Å². The molecule has 1 saturated heterocycles. The Balaban J connectivity index is 1.94. The average Bonchev–Trinajstić information content (AvgIpc) is 2.87. The monoisotopic (exact) mass is 297 g/mol. The van der Waals surface area contributed by atoms with E-state index in [1.807, 2.05) is 0 Å². The summed E-state index contributed by atoms with van der Waals surface area (Å²) < 4.78 is 5.83. The van der Waals surface area contributed by atoms with Gasteiger partial charge in [0.25, 0.3) is 0 Å². The fourth-order valence-corrected chi connectivity index (χ4v) is 3.45. The third kappa shape index (κ3) is 4.01. The Morgan fingerprint density at radius 3 is 2.90 bits per heavy atom. The lowest BCUT2D eigenvalue weighted by Crippen LogP contribution is -2.51. The topological polar surface area (TPSA) is 51.4 Å². The van der Waals surface area contributed by atoms with Crippen molar-refractivity contribution in [3.63, 3.8) is 0 Å². The largest absolute Gasteiger partial charge is 0.374 e. The predicted octanol–water partition coefficient (Wildman–Crippen LogP) is 2.03. The lowest BCUT2D eigenvalue weighted by Gasteiger charge is -2.34. The van der Waals surface area contributed by atoms with Crippen LogP contribution in [0.1, 0.15) is 38.4 Å². The highest BCUT2D eigenvalue weighted by Crippen LogP contribution is 2.24. The van der Waals surface area contributed by atoms with E-state index in [4.69, 9.17) is 15.5 Å². The SMILES string of the molecule is CCN1CCOC(C(N)Cc2nc(C(C)(C)C)cs2)C1. The van der Waals surface area contributed by atoms with Crippen LogP contribution in [0.2, 0.25) is 0 Å². The number of likely N-dealkylation sites (N-methyl/N-ethyl adjacent to an activating group) is 1. The highest BCUT2D eigenvalue weighted by molar-refractivity contribution is 7.09. The molecule has 2 N–H and O–H groups in total. The zero-order valence-electron chi connectivity index (χ0n) is 13.1. The van der Waals surface area contributed by atoms with Crippen LogP contribution in [0.4, 0.5) is 0 Å². The van der Waals surface area contributed by atoms with Crippen molar-refractivity contribution in [1.29, 1.82) is 0 Å². The van der Waals surface area contributed by atoms with E-state index in [-0.39, 0.29) is 17.6 Å². The summed E-state index contributed by atoms with van der Waals surface area (Å²) in [6.45, 7) is 12.6. The molecule has 5 heteroatoms. The average molecular weight is 297 g/mol.